The van der Waals surface area contributed by atoms with Crippen molar-refractivity contribution >= 4 is 17.7 Å². The molecule has 1 aliphatic rings. The molecule has 0 bridgehead atoms. The first-order valence-corrected chi connectivity index (χ1v) is 12.9. The van der Waals surface area contributed by atoms with Crippen LogP contribution in [0.25, 0.3) is 22.3 Å². The quantitative estimate of drug-likeness (QED) is 0.194. The zero-order valence-electron chi connectivity index (χ0n) is 22.1. The van der Waals surface area contributed by atoms with Gasteiger partial charge in [-0.25, -0.2) is 0 Å². The van der Waals surface area contributed by atoms with Crippen molar-refractivity contribution in [2.45, 2.75) is 52.4 Å². The molecular formula is C32H34O5. The SMILES string of the molecule is CCCCc1c(C(=O)CC)c(-c2ccccc2)c2c(c1-c1ccccc1)CC(C(=O)OC)(C(=O)OC)C2. The van der Waals surface area contributed by atoms with Crippen LogP contribution in [0.1, 0.15) is 60.2 Å². The summed E-state index contributed by atoms with van der Waals surface area (Å²) in [7, 11) is 2.59. The molecular weight excluding hydrogens is 464 g/mol. The van der Waals surface area contributed by atoms with Gasteiger partial charge in [0, 0.05) is 24.8 Å². The Morgan fingerprint density at radius 1 is 0.757 bits per heavy atom. The number of Topliss-reactive ketones (excluding diaryl/α,β-unsaturated/α-hetero) is 1. The molecule has 0 spiro atoms. The van der Waals surface area contributed by atoms with Gasteiger partial charge in [-0.05, 0) is 51.8 Å². The summed E-state index contributed by atoms with van der Waals surface area (Å²) < 4.78 is 10.3. The van der Waals surface area contributed by atoms with Gasteiger partial charge in [0.05, 0.1) is 14.2 Å². The van der Waals surface area contributed by atoms with E-state index in [0.29, 0.717) is 12.0 Å². The maximum absolute atomic E-state index is 13.7. The van der Waals surface area contributed by atoms with Gasteiger partial charge in [-0.15, -0.1) is 0 Å². The van der Waals surface area contributed by atoms with Crippen molar-refractivity contribution in [3.63, 3.8) is 0 Å². The van der Waals surface area contributed by atoms with Crippen LogP contribution < -0.4 is 0 Å². The zero-order chi connectivity index (χ0) is 26.6. The van der Waals surface area contributed by atoms with Gasteiger partial charge < -0.3 is 9.47 Å². The Balaban J connectivity index is 2.18. The second-order valence-electron chi connectivity index (χ2n) is 9.59. The van der Waals surface area contributed by atoms with E-state index in [1.807, 2.05) is 67.6 Å². The first kappa shape index (κ1) is 26.3. The third kappa shape index (κ3) is 4.59. The Morgan fingerprint density at radius 3 is 1.70 bits per heavy atom. The number of hydrogen-bond donors (Lipinski definition) is 0. The highest BCUT2D eigenvalue weighted by Crippen LogP contribution is 2.50. The van der Waals surface area contributed by atoms with Crippen LogP contribution in [0.4, 0.5) is 0 Å². The van der Waals surface area contributed by atoms with Crippen LogP contribution in [0.3, 0.4) is 0 Å². The predicted molar refractivity (Wildman–Crippen MR) is 144 cm³/mol. The molecule has 3 aromatic rings. The minimum Gasteiger partial charge on any atom is -0.468 e. The Bertz CT molecular complexity index is 1290. The van der Waals surface area contributed by atoms with Gasteiger partial charge in [-0.2, -0.15) is 0 Å². The Kier molecular flexibility index (Phi) is 7.91. The summed E-state index contributed by atoms with van der Waals surface area (Å²) in [5.41, 5.74) is 5.59. The molecule has 0 unspecified atom stereocenters. The van der Waals surface area contributed by atoms with Gasteiger partial charge in [0.15, 0.2) is 11.2 Å². The summed E-state index contributed by atoms with van der Waals surface area (Å²) in [6, 6.07) is 19.8. The topological polar surface area (TPSA) is 69.7 Å². The lowest BCUT2D eigenvalue weighted by Gasteiger charge is -2.24. The molecule has 0 amide bonds. The number of ether oxygens (including phenoxy) is 2. The van der Waals surface area contributed by atoms with Crippen LogP contribution >= 0.6 is 0 Å². The van der Waals surface area contributed by atoms with Crippen molar-refractivity contribution in [2.75, 3.05) is 14.2 Å². The molecule has 192 valence electrons. The van der Waals surface area contributed by atoms with Crippen LogP contribution in [-0.2, 0) is 38.3 Å². The molecule has 0 atom stereocenters. The number of ketones is 1. The van der Waals surface area contributed by atoms with Gasteiger partial charge in [0.25, 0.3) is 0 Å². The number of benzene rings is 3. The van der Waals surface area contributed by atoms with E-state index in [0.717, 1.165) is 58.2 Å². The molecule has 1 aliphatic carbocycles. The highest BCUT2D eigenvalue weighted by atomic mass is 16.5. The molecule has 0 saturated carbocycles. The number of carbonyl (C=O) groups is 3. The molecule has 0 aromatic heterocycles. The average Bonchev–Trinajstić information content (AvgIpc) is 3.35. The Hall–Kier alpha value is -3.73. The lowest BCUT2D eigenvalue weighted by molar-refractivity contribution is -0.168. The number of rotatable bonds is 9. The van der Waals surface area contributed by atoms with E-state index in [4.69, 9.17) is 9.47 Å². The number of esters is 2. The fourth-order valence-electron chi connectivity index (χ4n) is 5.69. The van der Waals surface area contributed by atoms with Gasteiger partial charge in [0.2, 0.25) is 0 Å². The van der Waals surface area contributed by atoms with E-state index in [2.05, 4.69) is 6.92 Å². The van der Waals surface area contributed by atoms with Crippen molar-refractivity contribution in [1.82, 2.24) is 0 Å². The van der Waals surface area contributed by atoms with Crippen molar-refractivity contribution in [3.05, 3.63) is 82.9 Å². The maximum Gasteiger partial charge on any atom is 0.323 e. The molecule has 0 fully saturated rings. The van der Waals surface area contributed by atoms with Gasteiger partial charge in [-0.3, -0.25) is 14.4 Å². The van der Waals surface area contributed by atoms with Crippen LogP contribution in [0.2, 0.25) is 0 Å². The molecule has 0 N–H and O–H groups in total. The molecule has 5 nitrogen and oxygen atoms in total. The van der Waals surface area contributed by atoms with Crippen LogP contribution in [-0.4, -0.2) is 31.9 Å². The molecule has 0 radical (unpaired) electrons. The molecule has 3 aromatic carbocycles. The average molecular weight is 499 g/mol. The summed E-state index contributed by atoms with van der Waals surface area (Å²) in [5, 5.41) is 0. The number of hydrogen-bond acceptors (Lipinski definition) is 5. The summed E-state index contributed by atoms with van der Waals surface area (Å²) in [5.74, 6) is -1.18. The molecule has 5 heteroatoms. The molecule has 0 saturated heterocycles. The Labute approximate surface area is 218 Å². The van der Waals surface area contributed by atoms with Crippen molar-refractivity contribution < 1.29 is 23.9 Å². The monoisotopic (exact) mass is 498 g/mol. The highest BCUT2D eigenvalue weighted by molar-refractivity contribution is 6.09. The van der Waals surface area contributed by atoms with Gasteiger partial charge in [0.1, 0.15) is 0 Å². The van der Waals surface area contributed by atoms with Crippen molar-refractivity contribution in [2.24, 2.45) is 5.41 Å². The summed E-state index contributed by atoms with van der Waals surface area (Å²) in [4.78, 5) is 40.2. The van der Waals surface area contributed by atoms with Gasteiger partial charge in [-0.1, -0.05) is 80.9 Å². The van der Waals surface area contributed by atoms with Crippen molar-refractivity contribution in [3.8, 4) is 22.3 Å². The Morgan fingerprint density at radius 2 is 1.24 bits per heavy atom. The minimum atomic E-state index is -1.51. The molecule has 37 heavy (non-hydrogen) atoms. The number of unbranched alkanes of at least 4 members (excludes halogenated alkanes) is 1. The fourth-order valence-corrected chi connectivity index (χ4v) is 5.69. The summed E-state index contributed by atoms with van der Waals surface area (Å²) in [6.45, 7) is 4.01. The van der Waals surface area contributed by atoms with E-state index in [9.17, 15) is 14.4 Å². The van der Waals surface area contributed by atoms with E-state index in [1.54, 1.807) is 0 Å². The van der Waals surface area contributed by atoms with E-state index >= 15 is 0 Å². The number of fused-ring (bicyclic) bond motifs is 1. The number of methoxy groups -OCH3 is 2. The largest absolute Gasteiger partial charge is 0.468 e. The minimum absolute atomic E-state index is 0.0542. The third-order valence-corrected chi connectivity index (χ3v) is 7.44. The fraction of sp³-hybridized carbons (Fsp3) is 0.344. The van der Waals surface area contributed by atoms with Crippen LogP contribution in [0.5, 0.6) is 0 Å². The van der Waals surface area contributed by atoms with Gasteiger partial charge >= 0.3 is 11.9 Å². The van der Waals surface area contributed by atoms with Crippen molar-refractivity contribution in [1.29, 1.82) is 0 Å². The molecule has 4 rings (SSSR count). The lowest BCUT2D eigenvalue weighted by atomic mass is 9.79. The summed E-state index contributed by atoms with van der Waals surface area (Å²) >= 11 is 0. The zero-order valence-corrected chi connectivity index (χ0v) is 22.1. The predicted octanol–water partition coefficient (Wildman–Crippen LogP) is 6.39. The lowest BCUT2D eigenvalue weighted by Crippen LogP contribution is -2.42. The standard InChI is InChI=1S/C32H34O5/c1-5-7-18-23-27(21-14-10-8-11-15-21)24-19-32(30(34)36-3,31(35)37-4)20-25(24)28(29(23)26(33)6-2)22-16-12-9-13-17-22/h8-17H,5-7,18-20H2,1-4H3. The number of carbonyl (C=O) groups excluding carboxylic acids is 3. The second kappa shape index (κ2) is 11.1. The smallest absolute Gasteiger partial charge is 0.323 e. The van der Waals surface area contributed by atoms with E-state index < -0.39 is 17.4 Å². The highest BCUT2D eigenvalue weighted by Gasteiger charge is 2.54. The second-order valence-corrected chi connectivity index (χ2v) is 9.59. The maximum atomic E-state index is 13.7. The normalized spacial score (nSPS) is 13.6. The molecule has 0 aliphatic heterocycles. The van der Waals surface area contributed by atoms with E-state index in [1.165, 1.54) is 14.2 Å². The van der Waals surface area contributed by atoms with Crippen LogP contribution in [0.15, 0.2) is 60.7 Å². The van der Waals surface area contributed by atoms with Crippen LogP contribution in [0, 0.1) is 5.41 Å². The first-order valence-electron chi connectivity index (χ1n) is 12.9. The first-order chi connectivity index (χ1) is 17.9. The van der Waals surface area contributed by atoms with E-state index in [-0.39, 0.29) is 18.6 Å². The molecule has 0 heterocycles. The third-order valence-electron chi connectivity index (χ3n) is 7.44. The summed E-state index contributed by atoms with van der Waals surface area (Å²) in [6.07, 6.45) is 3.23.